The van der Waals surface area contributed by atoms with Gasteiger partial charge in [0, 0.05) is 42.9 Å². The molecule has 0 spiro atoms. The number of amides is 1. The number of hydrogen-bond donors (Lipinski definition) is 2. The summed E-state index contributed by atoms with van der Waals surface area (Å²) in [7, 11) is 0. The summed E-state index contributed by atoms with van der Waals surface area (Å²) in [6, 6.07) is 4.19. The van der Waals surface area contributed by atoms with Crippen molar-refractivity contribution < 1.29 is 4.79 Å². The lowest BCUT2D eigenvalue weighted by Gasteiger charge is -2.23. The molecule has 1 saturated heterocycles. The van der Waals surface area contributed by atoms with Crippen LogP contribution in [0.5, 0.6) is 0 Å². The van der Waals surface area contributed by atoms with Crippen molar-refractivity contribution in [2.75, 3.05) is 18.1 Å². The second-order valence-corrected chi connectivity index (χ2v) is 5.66. The number of pyridine rings is 1. The minimum absolute atomic E-state index is 0. The maximum atomic E-state index is 11.9. The molecule has 0 radical (unpaired) electrons. The molecule has 1 aliphatic heterocycles. The number of carbonyl (C=O) groups is 1. The third-order valence-corrected chi connectivity index (χ3v) is 4.12. The highest BCUT2D eigenvalue weighted by molar-refractivity contribution is 7.99. The lowest BCUT2D eigenvalue weighted by molar-refractivity contribution is -0.122. The SMILES string of the molecule is C[C@H](NC(=O)CC1CSCCN1)c1cccnc1.Cl.Cl. The topological polar surface area (TPSA) is 54.0 Å². The van der Waals surface area contributed by atoms with E-state index in [-0.39, 0.29) is 36.8 Å². The molecule has 2 atom stereocenters. The van der Waals surface area contributed by atoms with Gasteiger partial charge in [-0.1, -0.05) is 6.07 Å². The lowest BCUT2D eigenvalue weighted by Crippen LogP contribution is -2.41. The summed E-state index contributed by atoms with van der Waals surface area (Å²) in [6.07, 6.45) is 4.08. The van der Waals surface area contributed by atoms with Crippen molar-refractivity contribution in [3.05, 3.63) is 30.1 Å². The zero-order chi connectivity index (χ0) is 12.8. The molecular formula is C13H21Cl2N3OS. The van der Waals surface area contributed by atoms with Gasteiger partial charge in [0.05, 0.1) is 6.04 Å². The molecule has 1 aromatic heterocycles. The normalized spacial score (nSPS) is 19.1. The van der Waals surface area contributed by atoms with Gasteiger partial charge < -0.3 is 10.6 Å². The average Bonchev–Trinajstić information content (AvgIpc) is 2.40. The molecule has 2 N–H and O–H groups in total. The van der Waals surface area contributed by atoms with E-state index < -0.39 is 0 Å². The van der Waals surface area contributed by atoms with Crippen LogP contribution in [0.4, 0.5) is 0 Å². The highest BCUT2D eigenvalue weighted by Crippen LogP contribution is 2.13. The van der Waals surface area contributed by atoms with Crippen molar-refractivity contribution in [2.24, 2.45) is 0 Å². The first-order chi connectivity index (χ1) is 8.75. The first-order valence-electron chi connectivity index (χ1n) is 6.26. The van der Waals surface area contributed by atoms with E-state index in [0.29, 0.717) is 12.5 Å². The largest absolute Gasteiger partial charge is 0.349 e. The number of nitrogens with zero attached hydrogens (tertiary/aromatic N) is 1. The third-order valence-electron chi connectivity index (χ3n) is 2.99. The predicted octanol–water partition coefficient (Wildman–Crippen LogP) is 2.20. The molecule has 0 saturated carbocycles. The Morgan fingerprint density at radius 3 is 3.00 bits per heavy atom. The Kier molecular flexibility index (Phi) is 10.0. The lowest BCUT2D eigenvalue weighted by atomic mass is 10.1. The quantitative estimate of drug-likeness (QED) is 0.884. The van der Waals surface area contributed by atoms with Crippen LogP contribution in [0.25, 0.3) is 0 Å². The predicted molar refractivity (Wildman–Crippen MR) is 89.0 cm³/mol. The van der Waals surface area contributed by atoms with Crippen molar-refractivity contribution in [3.8, 4) is 0 Å². The van der Waals surface area contributed by atoms with Crippen LogP contribution in [-0.4, -0.2) is 35.0 Å². The number of carbonyl (C=O) groups excluding carboxylic acids is 1. The Morgan fingerprint density at radius 1 is 1.60 bits per heavy atom. The zero-order valence-electron chi connectivity index (χ0n) is 11.4. The van der Waals surface area contributed by atoms with Gasteiger partial charge in [-0.15, -0.1) is 24.8 Å². The number of aromatic nitrogens is 1. The fourth-order valence-electron chi connectivity index (χ4n) is 1.99. The first-order valence-corrected chi connectivity index (χ1v) is 7.41. The van der Waals surface area contributed by atoms with Crippen molar-refractivity contribution in [1.82, 2.24) is 15.6 Å². The standard InChI is InChI=1S/C13H19N3OS.2ClH/c1-10(11-3-2-4-14-8-11)16-13(17)7-12-9-18-6-5-15-12;;/h2-4,8,10,12,15H,5-7,9H2,1H3,(H,16,17);2*1H/t10-,12?;;/m0../s1. The molecule has 114 valence electrons. The van der Waals surface area contributed by atoms with E-state index in [9.17, 15) is 4.79 Å². The second-order valence-electron chi connectivity index (χ2n) is 4.51. The minimum Gasteiger partial charge on any atom is -0.349 e. The summed E-state index contributed by atoms with van der Waals surface area (Å²) in [6.45, 7) is 2.98. The molecule has 1 aliphatic rings. The molecule has 0 aromatic carbocycles. The molecular weight excluding hydrogens is 317 g/mol. The number of nitrogens with one attached hydrogen (secondary N) is 2. The van der Waals surface area contributed by atoms with Crippen LogP contribution in [0, 0.1) is 0 Å². The third kappa shape index (κ3) is 6.31. The van der Waals surface area contributed by atoms with Gasteiger partial charge in [0.1, 0.15) is 0 Å². The van der Waals surface area contributed by atoms with E-state index >= 15 is 0 Å². The number of hydrogen-bond acceptors (Lipinski definition) is 4. The van der Waals surface area contributed by atoms with E-state index in [1.165, 1.54) is 0 Å². The minimum atomic E-state index is 0. The summed E-state index contributed by atoms with van der Waals surface area (Å²) in [5.74, 6) is 2.27. The fourth-order valence-corrected chi connectivity index (χ4v) is 2.94. The molecule has 1 amide bonds. The van der Waals surface area contributed by atoms with Gasteiger partial charge in [-0.05, 0) is 18.6 Å². The van der Waals surface area contributed by atoms with Gasteiger partial charge in [0.2, 0.25) is 5.91 Å². The molecule has 2 heterocycles. The summed E-state index contributed by atoms with van der Waals surface area (Å²) in [5, 5.41) is 6.38. The molecule has 0 bridgehead atoms. The van der Waals surface area contributed by atoms with Crippen LogP contribution in [0.15, 0.2) is 24.5 Å². The monoisotopic (exact) mass is 337 g/mol. The van der Waals surface area contributed by atoms with Crippen LogP contribution < -0.4 is 10.6 Å². The highest BCUT2D eigenvalue weighted by atomic mass is 35.5. The molecule has 1 fully saturated rings. The molecule has 0 aliphatic carbocycles. The number of thioether (sulfide) groups is 1. The van der Waals surface area contributed by atoms with Crippen molar-refractivity contribution in [3.63, 3.8) is 0 Å². The van der Waals surface area contributed by atoms with E-state index in [0.717, 1.165) is 23.6 Å². The van der Waals surface area contributed by atoms with Crippen molar-refractivity contribution in [1.29, 1.82) is 0 Å². The first kappa shape index (κ1) is 19.5. The number of halogens is 2. The van der Waals surface area contributed by atoms with Gasteiger partial charge >= 0.3 is 0 Å². The second kappa shape index (κ2) is 10.3. The molecule has 1 aromatic rings. The van der Waals surface area contributed by atoms with Crippen LogP contribution in [0.3, 0.4) is 0 Å². The van der Waals surface area contributed by atoms with Gasteiger partial charge in [-0.2, -0.15) is 11.8 Å². The average molecular weight is 338 g/mol. The fraction of sp³-hybridized carbons (Fsp3) is 0.538. The van der Waals surface area contributed by atoms with Gasteiger partial charge in [0.25, 0.3) is 0 Å². The van der Waals surface area contributed by atoms with E-state index in [2.05, 4.69) is 15.6 Å². The van der Waals surface area contributed by atoms with Crippen LogP contribution in [0.2, 0.25) is 0 Å². The van der Waals surface area contributed by atoms with E-state index in [1.54, 1.807) is 12.4 Å². The Labute approximate surface area is 136 Å². The molecule has 7 heteroatoms. The summed E-state index contributed by atoms with van der Waals surface area (Å²) in [4.78, 5) is 16.0. The maximum absolute atomic E-state index is 11.9. The Morgan fingerprint density at radius 2 is 2.40 bits per heavy atom. The zero-order valence-corrected chi connectivity index (χ0v) is 13.8. The van der Waals surface area contributed by atoms with E-state index in [1.807, 2.05) is 30.8 Å². The van der Waals surface area contributed by atoms with Gasteiger partial charge in [-0.25, -0.2) is 0 Å². The summed E-state index contributed by atoms with van der Waals surface area (Å²) < 4.78 is 0. The molecule has 2 rings (SSSR count). The van der Waals surface area contributed by atoms with Gasteiger partial charge in [0.15, 0.2) is 0 Å². The molecule has 1 unspecified atom stereocenters. The molecule has 20 heavy (non-hydrogen) atoms. The molecule has 4 nitrogen and oxygen atoms in total. The summed E-state index contributed by atoms with van der Waals surface area (Å²) in [5.41, 5.74) is 1.04. The summed E-state index contributed by atoms with van der Waals surface area (Å²) >= 11 is 1.91. The Bertz CT molecular complexity index is 388. The van der Waals surface area contributed by atoms with E-state index in [4.69, 9.17) is 0 Å². The maximum Gasteiger partial charge on any atom is 0.222 e. The number of rotatable bonds is 4. The van der Waals surface area contributed by atoms with Crippen LogP contribution >= 0.6 is 36.6 Å². The smallest absolute Gasteiger partial charge is 0.222 e. The highest BCUT2D eigenvalue weighted by Gasteiger charge is 2.18. The van der Waals surface area contributed by atoms with Crippen molar-refractivity contribution in [2.45, 2.75) is 25.4 Å². The van der Waals surface area contributed by atoms with Crippen LogP contribution in [0.1, 0.15) is 24.9 Å². The Balaban J connectivity index is 0.00000180. The van der Waals surface area contributed by atoms with Gasteiger partial charge in [-0.3, -0.25) is 9.78 Å². The Hall–Kier alpha value is -0.490. The van der Waals surface area contributed by atoms with Crippen LogP contribution in [-0.2, 0) is 4.79 Å². The van der Waals surface area contributed by atoms with Crippen molar-refractivity contribution >= 4 is 42.5 Å².